The van der Waals surface area contributed by atoms with E-state index in [1.165, 1.54) is 4.90 Å². The maximum Gasteiger partial charge on any atom is 0.355 e. The van der Waals surface area contributed by atoms with Crippen LogP contribution in [0.25, 0.3) is 0 Å². The zero-order chi connectivity index (χ0) is 21.7. The molecule has 0 aliphatic rings. The molecule has 2 aromatic heterocycles. The van der Waals surface area contributed by atoms with Gasteiger partial charge < -0.3 is 18.6 Å². The minimum Gasteiger partial charge on any atom is -0.467 e. The number of ether oxygens (including phenoxy) is 1. The molecule has 2 aromatic rings. The van der Waals surface area contributed by atoms with Crippen molar-refractivity contribution in [1.29, 1.82) is 0 Å². The van der Waals surface area contributed by atoms with Crippen LogP contribution < -0.4 is 0 Å². The lowest BCUT2D eigenvalue weighted by Gasteiger charge is -2.22. The molecule has 0 aliphatic carbocycles. The van der Waals surface area contributed by atoms with Crippen LogP contribution in [0.5, 0.6) is 0 Å². The Labute approximate surface area is 171 Å². The number of aromatic nitrogens is 1. The first-order valence-electron chi connectivity index (χ1n) is 9.83. The molecule has 0 unspecified atom stereocenters. The molecule has 7 heteroatoms. The number of carbonyl (C=O) groups excluding carboxylic acids is 3. The number of esters is 1. The van der Waals surface area contributed by atoms with E-state index < -0.39 is 5.97 Å². The first-order valence-corrected chi connectivity index (χ1v) is 9.83. The second-order valence-corrected chi connectivity index (χ2v) is 7.56. The molecule has 0 saturated heterocycles. The number of nitrogens with zero attached hydrogens (tertiary/aromatic N) is 2. The Morgan fingerprint density at radius 3 is 2.48 bits per heavy atom. The normalized spacial score (nSPS) is 11.0. The van der Waals surface area contributed by atoms with Crippen LogP contribution in [0.15, 0.2) is 22.8 Å². The Balaban J connectivity index is 2.32. The zero-order valence-corrected chi connectivity index (χ0v) is 18.1. The van der Waals surface area contributed by atoms with Crippen molar-refractivity contribution >= 4 is 17.7 Å². The van der Waals surface area contributed by atoms with Crippen LogP contribution in [0.2, 0.25) is 0 Å². The molecule has 0 radical (unpaired) electrons. The molecular weight excluding hydrogens is 372 g/mol. The van der Waals surface area contributed by atoms with Crippen LogP contribution >= 0.6 is 0 Å². The average Bonchev–Trinajstić information content (AvgIpc) is 3.21. The number of carbonyl (C=O) groups is 3. The minimum atomic E-state index is -0.460. The van der Waals surface area contributed by atoms with Gasteiger partial charge in [-0.05, 0) is 44.4 Å². The van der Waals surface area contributed by atoms with Gasteiger partial charge in [-0.25, -0.2) is 4.79 Å². The fourth-order valence-electron chi connectivity index (χ4n) is 3.43. The number of amides is 1. The zero-order valence-electron chi connectivity index (χ0n) is 18.1. The van der Waals surface area contributed by atoms with Gasteiger partial charge in [-0.15, -0.1) is 0 Å². The van der Waals surface area contributed by atoms with Gasteiger partial charge in [0.1, 0.15) is 11.5 Å². The summed E-state index contributed by atoms with van der Waals surface area (Å²) in [4.78, 5) is 39.7. The SMILES string of the molecule is CCOC(=O)c1c(C)c(C(=O)CN(Cc2ccco2)C(=O)CC(C)C)c(C)n1C. The topological polar surface area (TPSA) is 81.8 Å². The fraction of sp³-hybridized carbons (Fsp3) is 0.500. The molecule has 1 amide bonds. The van der Waals surface area contributed by atoms with Gasteiger partial charge in [0.2, 0.25) is 5.91 Å². The first kappa shape index (κ1) is 22.5. The molecule has 0 N–H and O–H groups in total. The lowest BCUT2D eigenvalue weighted by molar-refractivity contribution is -0.132. The third-order valence-corrected chi connectivity index (χ3v) is 4.87. The van der Waals surface area contributed by atoms with E-state index in [0.717, 1.165) is 0 Å². The number of hydrogen-bond donors (Lipinski definition) is 0. The maximum absolute atomic E-state index is 13.2. The minimum absolute atomic E-state index is 0.0831. The van der Waals surface area contributed by atoms with E-state index in [4.69, 9.17) is 9.15 Å². The van der Waals surface area contributed by atoms with E-state index in [9.17, 15) is 14.4 Å². The van der Waals surface area contributed by atoms with Gasteiger partial charge in [0.25, 0.3) is 0 Å². The molecule has 7 nitrogen and oxygen atoms in total. The van der Waals surface area contributed by atoms with Crippen molar-refractivity contribution in [2.24, 2.45) is 13.0 Å². The molecule has 2 heterocycles. The van der Waals surface area contributed by atoms with Crippen molar-refractivity contribution in [2.45, 2.75) is 47.6 Å². The molecule has 0 aliphatic heterocycles. The molecular formula is C22H30N2O5. The van der Waals surface area contributed by atoms with Crippen LogP contribution in [0.1, 0.15) is 65.1 Å². The highest BCUT2D eigenvalue weighted by molar-refractivity contribution is 6.04. The monoisotopic (exact) mass is 402 g/mol. The summed E-state index contributed by atoms with van der Waals surface area (Å²) in [6.07, 6.45) is 1.88. The fourth-order valence-corrected chi connectivity index (χ4v) is 3.43. The summed E-state index contributed by atoms with van der Waals surface area (Å²) in [5.41, 5.74) is 2.06. The number of ketones is 1. The van der Waals surface area contributed by atoms with Crippen LogP contribution in [0, 0.1) is 19.8 Å². The molecule has 29 heavy (non-hydrogen) atoms. The molecule has 0 atom stereocenters. The van der Waals surface area contributed by atoms with E-state index in [2.05, 4.69) is 0 Å². The quantitative estimate of drug-likeness (QED) is 0.472. The second-order valence-electron chi connectivity index (χ2n) is 7.56. The van der Waals surface area contributed by atoms with Gasteiger partial charge in [0.05, 0.1) is 26.0 Å². The van der Waals surface area contributed by atoms with Crippen LogP contribution in [0.3, 0.4) is 0 Å². The molecule has 0 aromatic carbocycles. The summed E-state index contributed by atoms with van der Waals surface area (Å²) in [5.74, 6) is 0.00494. The first-order chi connectivity index (χ1) is 13.7. The maximum atomic E-state index is 13.2. The van der Waals surface area contributed by atoms with Gasteiger partial charge in [0.15, 0.2) is 5.78 Å². The van der Waals surface area contributed by atoms with Crippen molar-refractivity contribution in [3.63, 3.8) is 0 Å². The Kier molecular flexibility index (Phi) is 7.42. The van der Waals surface area contributed by atoms with Gasteiger partial charge in [-0.3, -0.25) is 9.59 Å². The Hall–Kier alpha value is -2.83. The highest BCUT2D eigenvalue weighted by Gasteiger charge is 2.28. The van der Waals surface area contributed by atoms with Crippen molar-refractivity contribution < 1.29 is 23.5 Å². The van der Waals surface area contributed by atoms with Crippen LogP contribution in [0.4, 0.5) is 0 Å². The highest BCUT2D eigenvalue weighted by atomic mass is 16.5. The third kappa shape index (κ3) is 5.16. The summed E-state index contributed by atoms with van der Waals surface area (Å²) in [6.45, 7) is 9.58. The predicted molar refractivity (Wildman–Crippen MR) is 109 cm³/mol. The molecule has 158 valence electrons. The van der Waals surface area contributed by atoms with Crippen molar-refractivity contribution in [1.82, 2.24) is 9.47 Å². The van der Waals surface area contributed by atoms with Crippen LogP contribution in [-0.2, 0) is 23.1 Å². The molecule has 2 rings (SSSR count). The van der Waals surface area contributed by atoms with Crippen molar-refractivity contribution in [3.05, 3.63) is 46.7 Å². The van der Waals surface area contributed by atoms with Gasteiger partial charge >= 0.3 is 5.97 Å². The third-order valence-electron chi connectivity index (χ3n) is 4.87. The summed E-state index contributed by atoms with van der Waals surface area (Å²) in [6, 6.07) is 3.53. The predicted octanol–water partition coefficient (Wildman–Crippen LogP) is 3.67. The largest absolute Gasteiger partial charge is 0.467 e. The number of furan rings is 1. The molecule has 0 fully saturated rings. The van der Waals surface area contributed by atoms with Gasteiger partial charge in [0, 0.05) is 24.7 Å². The number of Topliss-reactive ketones (excluding diaryl/α,β-unsaturated/α-hetero) is 1. The van der Waals surface area contributed by atoms with Gasteiger partial charge in [-0.1, -0.05) is 13.8 Å². The van der Waals surface area contributed by atoms with E-state index in [0.29, 0.717) is 34.7 Å². The summed E-state index contributed by atoms with van der Waals surface area (Å²) in [7, 11) is 1.73. The smallest absolute Gasteiger partial charge is 0.355 e. The molecule has 0 saturated carbocycles. The molecule has 0 spiro atoms. The van der Waals surface area contributed by atoms with Gasteiger partial charge in [-0.2, -0.15) is 0 Å². The molecule has 0 bridgehead atoms. The van der Waals surface area contributed by atoms with E-state index in [-0.39, 0.29) is 37.3 Å². The highest BCUT2D eigenvalue weighted by Crippen LogP contribution is 2.23. The lowest BCUT2D eigenvalue weighted by atomic mass is 10.0. The summed E-state index contributed by atoms with van der Waals surface area (Å²) in [5, 5.41) is 0. The lowest BCUT2D eigenvalue weighted by Crippen LogP contribution is -2.36. The average molecular weight is 402 g/mol. The number of rotatable bonds is 9. The standard InChI is InChI=1S/C22H30N2O5/c1-7-28-22(27)21-15(4)20(16(5)23(21)6)18(25)13-24(19(26)11-14(2)3)12-17-9-8-10-29-17/h8-10,14H,7,11-13H2,1-6H3. The van der Waals surface area contributed by atoms with Crippen molar-refractivity contribution in [3.8, 4) is 0 Å². The summed E-state index contributed by atoms with van der Waals surface area (Å²) >= 11 is 0. The Morgan fingerprint density at radius 1 is 1.24 bits per heavy atom. The van der Waals surface area contributed by atoms with Crippen molar-refractivity contribution in [2.75, 3.05) is 13.2 Å². The number of hydrogen-bond acceptors (Lipinski definition) is 5. The van der Waals surface area contributed by atoms with E-state index in [1.54, 1.807) is 50.8 Å². The summed E-state index contributed by atoms with van der Waals surface area (Å²) < 4.78 is 12.2. The Bertz CT molecular complexity index is 878. The van der Waals surface area contributed by atoms with Crippen LogP contribution in [-0.4, -0.2) is 40.3 Å². The Morgan fingerprint density at radius 2 is 1.93 bits per heavy atom. The van der Waals surface area contributed by atoms with E-state index in [1.807, 2.05) is 13.8 Å². The second kappa shape index (κ2) is 9.58. The van der Waals surface area contributed by atoms with E-state index >= 15 is 0 Å².